The van der Waals surface area contributed by atoms with Crippen LogP contribution in [0.2, 0.25) is 0 Å². The molecule has 0 fully saturated rings. The minimum atomic E-state index is -4.33. The van der Waals surface area contributed by atoms with Crippen LogP contribution < -0.4 is 0 Å². The number of rotatable bonds is 5. The van der Waals surface area contributed by atoms with Crippen LogP contribution in [-0.2, 0) is 24.2 Å². The average molecular weight is 395 g/mol. The van der Waals surface area contributed by atoms with Crippen molar-refractivity contribution in [2.75, 3.05) is 13.2 Å². The quantitative estimate of drug-likeness (QED) is 0.730. The second-order valence-corrected chi connectivity index (χ2v) is 6.43. The lowest BCUT2D eigenvalue weighted by Gasteiger charge is -2.28. The Labute approximate surface area is 159 Å². The number of nitrogens with zero attached hydrogens (tertiary/aromatic N) is 3. The number of amides is 1. The third kappa shape index (κ3) is 4.35. The number of carbonyl (C=O) groups is 2. The molecule has 0 saturated heterocycles. The summed E-state index contributed by atoms with van der Waals surface area (Å²) in [4.78, 5) is 26.5. The molecule has 2 aromatic rings. The Hall–Kier alpha value is -2.84. The summed E-state index contributed by atoms with van der Waals surface area (Å²) in [6, 6.07) is 8.69. The van der Waals surface area contributed by atoms with Crippen molar-refractivity contribution in [1.82, 2.24) is 14.7 Å². The van der Waals surface area contributed by atoms with Gasteiger partial charge in [0.25, 0.3) is 5.91 Å². The zero-order valence-electron chi connectivity index (χ0n) is 15.3. The molecule has 1 aliphatic rings. The van der Waals surface area contributed by atoms with Crippen molar-refractivity contribution in [1.29, 1.82) is 0 Å². The molecule has 0 N–H and O–H groups in total. The molecule has 0 bridgehead atoms. The first-order valence-corrected chi connectivity index (χ1v) is 8.97. The first-order chi connectivity index (χ1) is 13.3. The number of aromatic nitrogens is 2. The Morgan fingerprint density at radius 1 is 1.21 bits per heavy atom. The maximum absolute atomic E-state index is 12.7. The molecule has 150 valence electrons. The van der Waals surface area contributed by atoms with Crippen molar-refractivity contribution in [2.24, 2.45) is 0 Å². The van der Waals surface area contributed by atoms with Crippen LogP contribution in [0.15, 0.2) is 30.3 Å². The molecule has 3 rings (SSSR count). The summed E-state index contributed by atoms with van der Waals surface area (Å²) in [6.45, 7) is 1.81. The van der Waals surface area contributed by atoms with Gasteiger partial charge in [-0.1, -0.05) is 18.2 Å². The third-order valence-electron chi connectivity index (χ3n) is 4.52. The second-order valence-electron chi connectivity index (χ2n) is 6.43. The molecule has 1 amide bonds. The molecule has 28 heavy (non-hydrogen) atoms. The summed E-state index contributed by atoms with van der Waals surface area (Å²) in [5.41, 5.74) is 1.48. The van der Waals surface area contributed by atoms with Gasteiger partial charge in [0.1, 0.15) is 0 Å². The van der Waals surface area contributed by atoms with Crippen LogP contribution in [0.3, 0.4) is 0 Å². The van der Waals surface area contributed by atoms with Crippen molar-refractivity contribution in [2.45, 2.75) is 39.0 Å². The third-order valence-corrected chi connectivity index (χ3v) is 4.52. The van der Waals surface area contributed by atoms with E-state index in [-0.39, 0.29) is 31.3 Å². The zero-order chi connectivity index (χ0) is 20.3. The van der Waals surface area contributed by atoms with Crippen molar-refractivity contribution in [3.63, 3.8) is 0 Å². The summed E-state index contributed by atoms with van der Waals surface area (Å²) in [5, 5.41) is 4.08. The number of aryl methyl sites for hydroxylation is 1. The molecule has 1 aromatic heterocycles. The number of hydrogen-bond donors (Lipinski definition) is 0. The first kappa shape index (κ1) is 19.9. The lowest BCUT2D eigenvalue weighted by atomic mass is 10.0. The maximum atomic E-state index is 12.7. The second kappa shape index (κ2) is 8.04. The fraction of sp³-hybridized carbons (Fsp3) is 0.421. The van der Waals surface area contributed by atoms with Crippen LogP contribution in [0.1, 0.15) is 45.4 Å². The molecule has 2 heterocycles. The SMILES string of the molecule is CCOC(=O)c1nn(CCC(F)(F)F)c2c1CN(C(=O)c1ccccc1)CC2. The average Bonchev–Trinajstić information content (AvgIpc) is 3.04. The molecule has 0 atom stereocenters. The van der Waals surface area contributed by atoms with Gasteiger partial charge in [-0.25, -0.2) is 4.79 Å². The van der Waals surface area contributed by atoms with Gasteiger partial charge >= 0.3 is 12.1 Å². The van der Waals surface area contributed by atoms with E-state index in [2.05, 4.69) is 5.10 Å². The molecule has 0 radical (unpaired) electrons. The van der Waals surface area contributed by atoms with Crippen LogP contribution in [0.5, 0.6) is 0 Å². The molecule has 6 nitrogen and oxygen atoms in total. The van der Waals surface area contributed by atoms with Crippen molar-refractivity contribution < 1.29 is 27.5 Å². The Balaban J connectivity index is 1.89. The predicted octanol–water partition coefficient (Wildman–Crippen LogP) is 3.21. The smallest absolute Gasteiger partial charge is 0.390 e. The van der Waals surface area contributed by atoms with E-state index in [1.54, 1.807) is 42.2 Å². The molecular formula is C19H20F3N3O3. The standard InChI is InChI=1S/C19H20F3N3O3/c1-2-28-18(27)16-14-12-24(17(26)13-6-4-3-5-7-13)10-8-15(14)25(23-16)11-9-19(20,21)22/h3-7H,2,8-12H2,1H3. The molecule has 1 aliphatic heterocycles. The topological polar surface area (TPSA) is 64.4 Å². The summed E-state index contributed by atoms with van der Waals surface area (Å²) >= 11 is 0. The Bertz CT molecular complexity index is 863. The molecule has 0 saturated carbocycles. The number of halogens is 3. The number of benzene rings is 1. The summed E-state index contributed by atoms with van der Waals surface area (Å²) in [7, 11) is 0. The number of hydrogen-bond acceptors (Lipinski definition) is 4. The fourth-order valence-electron chi connectivity index (χ4n) is 3.21. The molecular weight excluding hydrogens is 375 g/mol. The number of carbonyl (C=O) groups excluding carboxylic acids is 2. The Morgan fingerprint density at radius 3 is 2.57 bits per heavy atom. The van der Waals surface area contributed by atoms with E-state index in [1.807, 2.05) is 0 Å². The molecule has 9 heteroatoms. The van der Waals surface area contributed by atoms with Gasteiger partial charge < -0.3 is 9.64 Å². The van der Waals surface area contributed by atoms with Gasteiger partial charge in [0.2, 0.25) is 0 Å². The Kier molecular flexibility index (Phi) is 5.71. The van der Waals surface area contributed by atoms with Gasteiger partial charge in [-0.15, -0.1) is 0 Å². The van der Waals surface area contributed by atoms with E-state index in [9.17, 15) is 22.8 Å². The van der Waals surface area contributed by atoms with E-state index < -0.39 is 18.6 Å². The summed E-state index contributed by atoms with van der Waals surface area (Å²) in [6.07, 6.45) is -5.05. The lowest BCUT2D eigenvalue weighted by Crippen LogP contribution is -2.36. The van der Waals surface area contributed by atoms with Crippen LogP contribution in [0.25, 0.3) is 0 Å². The number of ether oxygens (including phenoxy) is 1. The lowest BCUT2D eigenvalue weighted by molar-refractivity contribution is -0.137. The van der Waals surface area contributed by atoms with Crippen LogP contribution in [-0.4, -0.2) is 45.9 Å². The van der Waals surface area contributed by atoms with E-state index in [4.69, 9.17) is 4.74 Å². The van der Waals surface area contributed by atoms with Gasteiger partial charge in [0, 0.05) is 36.3 Å². The van der Waals surface area contributed by atoms with E-state index >= 15 is 0 Å². The minimum Gasteiger partial charge on any atom is -0.461 e. The van der Waals surface area contributed by atoms with Gasteiger partial charge in [-0.3, -0.25) is 9.48 Å². The van der Waals surface area contributed by atoms with Gasteiger partial charge in [-0.2, -0.15) is 18.3 Å². The number of esters is 1. The van der Waals surface area contributed by atoms with Crippen LogP contribution in [0, 0.1) is 0 Å². The summed E-state index contributed by atoms with van der Waals surface area (Å²) in [5.74, 6) is -0.900. The monoisotopic (exact) mass is 395 g/mol. The highest BCUT2D eigenvalue weighted by Gasteiger charge is 2.33. The molecule has 0 spiro atoms. The zero-order valence-corrected chi connectivity index (χ0v) is 15.3. The van der Waals surface area contributed by atoms with Gasteiger partial charge in [-0.05, 0) is 19.1 Å². The van der Waals surface area contributed by atoms with Crippen molar-refractivity contribution in [3.05, 3.63) is 52.8 Å². The van der Waals surface area contributed by atoms with Crippen molar-refractivity contribution in [3.8, 4) is 0 Å². The van der Waals surface area contributed by atoms with Gasteiger partial charge in [0.15, 0.2) is 5.69 Å². The first-order valence-electron chi connectivity index (χ1n) is 8.97. The minimum absolute atomic E-state index is 0.0235. The van der Waals surface area contributed by atoms with E-state index in [0.717, 1.165) is 0 Å². The van der Waals surface area contributed by atoms with Gasteiger partial charge in [0.05, 0.1) is 19.6 Å². The predicted molar refractivity (Wildman–Crippen MR) is 93.7 cm³/mol. The highest BCUT2D eigenvalue weighted by Crippen LogP contribution is 2.27. The molecule has 1 aromatic carbocycles. The molecule has 0 aliphatic carbocycles. The Morgan fingerprint density at radius 2 is 1.93 bits per heavy atom. The highest BCUT2D eigenvalue weighted by atomic mass is 19.4. The normalized spacial score (nSPS) is 13.9. The van der Waals surface area contributed by atoms with E-state index in [1.165, 1.54) is 4.68 Å². The fourth-order valence-corrected chi connectivity index (χ4v) is 3.21. The van der Waals surface area contributed by atoms with E-state index in [0.29, 0.717) is 29.8 Å². The largest absolute Gasteiger partial charge is 0.461 e. The maximum Gasteiger partial charge on any atom is 0.390 e. The van der Waals surface area contributed by atoms with Crippen molar-refractivity contribution >= 4 is 11.9 Å². The van der Waals surface area contributed by atoms with Crippen LogP contribution in [0.4, 0.5) is 13.2 Å². The number of fused-ring (bicyclic) bond motifs is 1. The highest BCUT2D eigenvalue weighted by molar-refractivity contribution is 5.95. The number of alkyl halides is 3. The van der Waals surface area contributed by atoms with Crippen LogP contribution >= 0.6 is 0 Å². The summed E-state index contributed by atoms with van der Waals surface area (Å²) < 4.78 is 44.1. The molecule has 0 unspecified atom stereocenters.